The number of carbonyl (C=O) groups excluding carboxylic acids is 2. The van der Waals surface area contributed by atoms with Crippen molar-refractivity contribution >= 4 is 50.0 Å². The molecule has 3 heterocycles. The van der Waals surface area contributed by atoms with Crippen molar-refractivity contribution in [2.24, 2.45) is 0 Å². The maximum absolute atomic E-state index is 12.3. The third-order valence-corrected chi connectivity index (χ3v) is 7.04. The van der Waals surface area contributed by atoms with E-state index < -0.39 is 15.7 Å². The molecule has 0 saturated carbocycles. The van der Waals surface area contributed by atoms with Crippen molar-refractivity contribution in [3.05, 3.63) is 48.9 Å². The van der Waals surface area contributed by atoms with Crippen molar-refractivity contribution in [1.29, 1.82) is 0 Å². The normalized spacial score (nSPS) is 11.4. The molecule has 2 amide bonds. The summed E-state index contributed by atoms with van der Waals surface area (Å²) < 4.78 is 24.6. The molecule has 1 aromatic carbocycles. The Hall–Kier alpha value is -4.30. The van der Waals surface area contributed by atoms with E-state index in [2.05, 4.69) is 30.7 Å². The zero-order chi connectivity index (χ0) is 28.5. The molecule has 0 unspecified atom stereocenters. The zero-order valence-electron chi connectivity index (χ0n) is 22.1. The summed E-state index contributed by atoms with van der Waals surface area (Å²) in [6.07, 6.45) is 10.0. The number of benzene rings is 1. The Balaban J connectivity index is 1.34. The lowest BCUT2D eigenvalue weighted by Crippen LogP contribution is -2.17. The molecule has 212 valence electrons. The molecule has 4 aromatic rings. The van der Waals surface area contributed by atoms with E-state index in [4.69, 9.17) is 5.21 Å². The maximum atomic E-state index is 12.3. The highest BCUT2D eigenvalue weighted by molar-refractivity contribution is 7.90. The molecule has 0 aliphatic rings. The second kappa shape index (κ2) is 13.2. The molecule has 40 heavy (non-hydrogen) atoms. The predicted octanol–water partition coefficient (Wildman–Crippen LogP) is 3.39. The molecule has 5 N–H and O–H groups in total. The largest absolute Gasteiger partial charge is 0.346 e. The Kier molecular flexibility index (Phi) is 9.45. The fraction of sp³-hybridized carbons (Fsp3) is 0.346. The van der Waals surface area contributed by atoms with E-state index in [9.17, 15) is 18.0 Å². The first kappa shape index (κ1) is 28.7. The number of fused-ring (bicyclic) bond motifs is 1. The van der Waals surface area contributed by atoms with Gasteiger partial charge in [-0.3, -0.25) is 19.5 Å². The molecule has 0 spiro atoms. The van der Waals surface area contributed by atoms with Gasteiger partial charge >= 0.3 is 0 Å². The van der Waals surface area contributed by atoms with Gasteiger partial charge in [0.25, 0.3) is 0 Å². The van der Waals surface area contributed by atoms with Crippen molar-refractivity contribution in [3.8, 4) is 11.3 Å². The lowest BCUT2D eigenvalue weighted by Gasteiger charge is -2.09. The number of hydrogen-bond acceptors (Lipinski definition) is 9. The Morgan fingerprint density at radius 2 is 1.68 bits per heavy atom. The average molecular weight is 569 g/mol. The average Bonchev–Trinajstić information content (AvgIpc) is 3.59. The number of amides is 2. The molecular weight excluding hydrogens is 536 g/mol. The van der Waals surface area contributed by atoms with Gasteiger partial charge in [0.15, 0.2) is 0 Å². The van der Waals surface area contributed by atoms with Crippen molar-refractivity contribution in [3.63, 3.8) is 0 Å². The van der Waals surface area contributed by atoms with Gasteiger partial charge in [0, 0.05) is 53.8 Å². The number of rotatable bonds is 14. The minimum absolute atomic E-state index is 0.00585. The van der Waals surface area contributed by atoms with Crippen LogP contribution in [0.2, 0.25) is 0 Å². The van der Waals surface area contributed by atoms with E-state index >= 15 is 0 Å². The van der Waals surface area contributed by atoms with Crippen LogP contribution in [0, 0.1) is 0 Å². The second-order valence-electron chi connectivity index (χ2n) is 9.46. The fourth-order valence-electron chi connectivity index (χ4n) is 4.05. The van der Waals surface area contributed by atoms with Crippen LogP contribution in [-0.2, 0) is 26.0 Å². The smallest absolute Gasteiger partial charge is 0.243 e. The van der Waals surface area contributed by atoms with E-state index in [-0.39, 0.29) is 24.6 Å². The number of unbranched alkanes of at least 4 members (excludes halogenated alkanes) is 3. The number of aromatic nitrogens is 5. The van der Waals surface area contributed by atoms with Gasteiger partial charge in [-0.15, -0.1) is 0 Å². The van der Waals surface area contributed by atoms with Crippen LogP contribution < -0.4 is 16.1 Å². The first-order valence-electron chi connectivity index (χ1n) is 12.9. The number of anilines is 3. The van der Waals surface area contributed by atoms with Crippen LogP contribution in [0.15, 0.2) is 48.9 Å². The van der Waals surface area contributed by atoms with Crippen molar-refractivity contribution in [2.75, 3.05) is 22.6 Å². The van der Waals surface area contributed by atoms with E-state index in [1.54, 1.807) is 40.9 Å². The first-order valence-corrected chi connectivity index (χ1v) is 14.9. The van der Waals surface area contributed by atoms with Gasteiger partial charge in [-0.2, -0.15) is 10.1 Å². The summed E-state index contributed by atoms with van der Waals surface area (Å²) in [6.45, 7) is 0.250. The number of aromatic amines is 1. The highest BCUT2D eigenvalue weighted by Crippen LogP contribution is 2.28. The van der Waals surface area contributed by atoms with Gasteiger partial charge in [-0.05, 0) is 43.2 Å². The first-order chi connectivity index (χ1) is 19.2. The van der Waals surface area contributed by atoms with E-state index in [0.717, 1.165) is 29.5 Å². The number of aryl methyl sites for hydroxylation is 1. The Bertz CT molecular complexity index is 1560. The number of sulfone groups is 1. The minimum atomic E-state index is -3.11. The van der Waals surface area contributed by atoms with Crippen LogP contribution >= 0.6 is 0 Å². The Morgan fingerprint density at radius 1 is 0.975 bits per heavy atom. The molecule has 0 fully saturated rings. The number of carbonyl (C=O) groups is 2. The fourth-order valence-corrected chi connectivity index (χ4v) is 4.57. The summed E-state index contributed by atoms with van der Waals surface area (Å²) in [4.78, 5) is 35.6. The van der Waals surface area contributed by atoms with Crippen LogP contribution in [0.25, 0.3) is 22.3 Å². The van der Waals surface area contributed by atoms with Gasteiger partial charge in [-0.1, -0.05) is 12.8 Å². The summed E-state index contributed by atoms with van der Waals surface area (Å²) in [5.74, 6) is -0.129. The molecule has 0 radical (unpaired) electrons. The summed E-state index contributed by atoms with van der Waals surface area (Å²) >= 11 is 0. The molecule has 3 aromatic heterocycles. The highest BCUT2D eigenvalue weighted by atomic mass is 32.2. The van der Waals surface area contributed by atoms with Crippen LogP contribution in [0.4, 0.5) is 17.3 Å². The van der Waals surface area contributed by atoms with Gasteiger partial charge in [0.1, 0.15) is 15.5 Å². The lowest BCUT2D eigenvalue weighted by molar-refractivity contribution is -0.129. The number of nitrogens with zero attached hydrogens (tertiary/aromatic N) is 4. The Labute approximate surface area is 231 Å². The topological polar surface area (TPSA) is 184 Å². The monoisotopic (exact) mass is 568 g/mol. The molecule has 4 rings (SSSR count). The number of nitrogens with one attached hydrogen (secondary N) is 4. The van der Waals surface area contributed by atoms with Crippen LogP contribution in [0.1, 0.15) is 38.5 Å². The van der Waals surface area contributed by atoms with Gasteiger partial charge < -0.3 is 15.6 Å². The summed E-state index contributed by atoms with van der Waals surface area (Å²) in [5, 5.41) is 19.6. The third-order valence-electron chi connectivity index (χ3n) is 6.12. The summed E-state index contributed by atoms with van der Waals surface area (Å²) in [6, 6.07) is 9.07. The molecule has 0 aliphatic heterocycles. The summed E-state index contributed by atoms with van der Waals surface area (Å²) in [5.41, 5.74) is 5.02. The van der Waals surface area contributed by atoms with Crippen LogP contribution in [0.5, 0.6) is 0 Å². The van der Waals surface area contributed by atoms with Crippen LogP contribution in [0.3, 0.4) is 0 Å². The predicted molar refractivity (Wildman–Crippen MR) is 151 cm³/mol. The molecule has 0 bridgehead atoms. The number of hydrogen-bond donors (Lipinski definition) is 5. The maximum Gasteiger partial charge on any atom is 0.243 e. The van der Waals surface area contributed by atoms with Crippen molar-refractivity contribution in [1.82, 2.24) is 30.2 Å². The van der Waals surface area contributed by atoms with Crippen LogP contribution in [-0.4, -0.2) is 62.2 Å². The standard InChI is InChI=1S/C26H32N8O5S/c1-40(38,39)15-14-34-17-18(16-28-34)24-21-12-13-27-25(21)32-26(31-24)30-20-10-8-19(9-11-20)29-22(35)6-4-2-3-5-7-23(36)33-37/h8-13,16-17,37H,2-7,14-15H2,1H3,(H,29,35)(H,33,36)(H2,27,30,31,32). The molecule has 0 atom stereocenters. The molecular formula is C26H32N8O5S. The molecule has 14 heteroatoms. The van der Waals surface area contributed by atoms with E-state index in [1.807, 2.05) is 18.2 Å². The molecule has 0 aliphatic carbocycles. The Morgan fingerprint density at radius 3 is 2.38 bits per heavy atom. The highest BCUT2D eigenvalue weighted by Gasteiger charge is 2.14. The number of hydroxylamine groups is 1. The lowest BCUT2D eigenvalue weighted by atomic mass is 10.1. The van der Waals surface area contributed by atoms with Gasteiger partial charge in [0.2, 0.25) is 17.8 Å². The third kappa shape index (κ3) is 8.35. The molecule has 13 nitrogen and oxygen atoms in total. The zero-order valence-corrected chi connectivity index (χ0v) is 22.9. The summed E-state index contributed by atoms with van der Waals surface area (Å²) in [7, 11) is -3.11. The SMILES string of the molecule is CS(=O)(=O)CCn1cc(-c2nc(Nc3ccc(NC(=O)CCCCCCC(=O)NO)cc3)nc3[nH]ccc23)cn1. The van der Waals surface area contributed by atoms with Gasteiger partial charge in [0.05, 0.1) is 24.2 Å². The number of H-pyrrole nitrogens is 1. The van der Waals surface area contributed by atoms with Crippen molar-refractivity contribution in [2.45, 2.75) is 45.1 Å². The van der Waals surface area contributed by atoms with Gasteiger partial charge in [-0.25, -0.2) is 18.9 Å². The van der Waals surface area contributed by atoms with Crippen molar-refractivity contribution < 1.29 is 23.2 Å². The molecule has 0 saturated heterocycles. The second-order valence-corrected chi connectivity index (χ2v) is 11.7. The quantitative estimate of drug-likeness (QED) is 0.0864. The van der Waals surface area contributed by atoms with E-state index in [1.165, 1.54) is 6.26 Å². The van der Waals surface area contributed by atoms with E-state index in [0.29, 0.717) is 42.2 Å². The minimum Gasteiger partial charge on any atom is -0.346 e.